The van der Waals surface area contributed by atoms with Gasteiger partial charge in [0.05, 0.1) is 22.5 Å². The second-order valence-corrected chi connectivity index (χ2v) is 12.1. The van der Waals surface area contributed by atoms with E-state index in [9.17, 15) is 21.6 Å². The lowest BCUT2D eigenvalue weighted by molar-refractivity contribution is -0.116. The van der Waals surface area contributed by atoms with Crippen LogP contribution in [-0.2, 0) is 24.8 Å². The molecule has 0 heterocycles. The SMILES string of the molecule is Cc1cc(C)cc(N([C@H](C)C(=O)Nc2ccc(S(=O)(=O)Nc3ccccc3C)cc2)S(C)(=O)=O)c1. The Balaban J connectivity index is 1.79. The Labute approximate surface area is 207 Å². The number of sulfonamides is 2. The molecule has 35 heavy (non-hydrogen) atoms. The first kappa shape index (κ1) is 26.2. The molecule has 0 aromatic heterocycles. The molecule has 3 aromatic rings. The minimum absolute atomic E-state index is 0.0276. The summed E-state index contributed by atoms with van der Waals surface area (Å²) in [5.41, 5.74) is 3.75. The zero-order chi connectivity index (χ0) is 26.0. The van der Waals surface area contributed by atoms with Gasteiger partial charge in [-0.25, -0.2) is 16.8 Å². The predicted octanol–water partition coefficient (Wildman–Crippen LogP) is 4.21. The highest BCUT2D eigenvalue weighted by Gasteiger charge is 2.29. The van der Waals surface area contributed by atoms with E-state index in [0.29, 0.717) is 17.1 Å². The van der Waals surface area contributed by atoms with Crippen LogP contribution in [0.5, 0.6) is 0 Å². The van der Waals surface area contributed by atoms with Gasteiger partial charge in [-0.05, 0) is 86.8 Å². The average molecular weight is 516 g/mol. The smallest absolute Gasteiger partial charge is 0.261 e. The Kier molecular flexibility index (Phi) is 7.56. The number of hydrogen-bond acceptors (Lipinski definition) is 5. The quantitative estimate of drug-likeness (QED) is 0.467. The zero-order valence-electron chi connectivity index (χ0n) is 20.2. The summed E-state index contributed by atoms with van der Waals surface area (Å²) in [4.78, 5) is 13.0. The predicted molar refractivity (Wildman–Crippen MR) is 140 cm³/mol. The highest BCUT2D eigenvalue weighted by molar-refractivity contribution is 7.92. The van der Waals surface area contributed by atoms with Crippen molar-refractivity contribution in [1.29, 1.82) is 0 Å². The minimum atomic E-state index is -3.82. The van der Waals surface area contributed by atoms with Crippen LogP contribution in [0.1, 0.15) is 23.6 Å². The second-order valence-electron chi connectivity index (χ2n) is 8.51. The molecule has 0 aliphatic carbocycles. The maximum Gasteiger partial charge on any atom is 0.261 e. The molecule has 1 amide bonds. The molecule has 0 fully saturated rings. The summed E-state index contributed by atoms with van der Waals surface area (Å²) in [6.45, 7) is 7.00. The molecule has 3 aromatic carbocycles. The maximum absolute atomic E-state index is 13.0. The van der Waals surface area contributed by atoms with Crippen LogP contribution < -0.4 is 14.3 Å². The summed E-state index contributed by atoms with van der Waals surface area (Å²) in [5.74, 6) is -0.553. The summed E-state index contributed by atoms with van der Waals surface area (Å²) in [6.07, 6.45) is 1.05. The van der Waals surface area contributed by atoms with E-state index in [1.807, 2.05) is 26.0 Å². The van der Waals surface area contributed by atoms with Gasteiger partial charge >= 0.3 is 0 Å². The van der Waals surface area contributed by atoms with E-state index in [0.717, 1.165) is 27.3 Å². The van der Waals surface area contributed by atoms with Gasteiger partial charge in [0.15, 0.2) is 0 Å². The zero-order valence-corrected chi connectivity index (χ0v) is 21.9. The second kappa shape index (κ2) is 10.1. The molecule has 8 nitrogen and oxygen atoms in total. The maximum atomic E-state index is 13.0. The summed E-state index contributed by atoms with van der Waals surface area (Å²) < 4.78 is 54.2. The Morgan fingerprint density at radius 2 is 1.43 bits per heavy atom. The van der Waals surface area contributed by atoms with Crippen molar-refractivity contribution in [3.63, 3.8) is 0 Å². The Bertz CT molecular complexity index is 1430. The molecule has 10 heteroatoms. The van der Waals surface area contributed by atoms with Crippen molar-refractivity contribution in [2.24, 2.45) is 0 Å². The lowest BCUT2D eigenvalue weighted by Gasteiger charge is -2.28. The number of rotatable bonds is 8. The van der Waals surface area contributed by atoms with Crippen molar-refractivity contribution < 1.29 is 21.6 Å². The van der Waals surface area contributed by atoms with Crippen molar-refractivity contribution in [3.05, 3.63) is 83.4 Å². The molecule has 3 rings (SSSR count). The van der Waals surface area contributed by atoms with Crippen molar-refractivity contribution in [2.75, 3.05) is 20.6 Å². The molecule has 2 N–H and O–H groups in total. The van der Waals surface area contributed by atoms with Crippen LogP contribution in [0.3, 0.4) is 0 Å². The first-order valence-corrected chi connectivity index (χ1v) is 14.2. The topological polar surface area (TPSA) is 113 Å². The van der Waals surface area contributed by atoms with E-state index in [1.165, 1.54) is 31.2 Å². The molecule has 0 unspecified atom stereocenters. The van der Waals surface area contributed by atoms with Crippen molar-refractivity contribution in [1.82, 2.24) is 0 Å². The van der Waals surface area contributed by atoms with Gasteiger partial charge in [0.1, 0.15) is 6.04 Å². The highest BCUT2D eigenvalue weighted by Crippen LogP contribution is 2.25. The average Bonchev–Trinajstić information content (AvgIpc) is 2.74. The van der Waals surface area contributed by atoms with Crippen LogP contribution in [0.25, 0.3) is 0 Å². The Morgan fingerprint density at radius 3 is 1.97 bits per heavy atom. The fraction of sp³-hybridized carbons (Fsp3) is 0.240. The number of para-hydroxylation sites is 1. The van der Waals surface area contributed by atoms with Gasteiger partial charge in [0, 0.05) is 5.69 Å². The minimum Gasteiger partial charge on any atom is -0.324 e. The van der Waals surface area contributed by atoms with Crippen molar-refractivity contribution in [3.8, 4) is 0 Å². The molecule has 0 bridgehead atoms. The first-order valence-electron chi connectivity index (χ1n) is 10.8. The Hall–Kier alpha value is -3.37. The van der Waals surface area contributed by atoms with E-state index >= 15 is 0 Å². The number of anilines is 3. The molecule has 0 aliphatic rings. The van der Waals surface area contributed by atoms with Gasteiger partial charge in [-0.15, -0.1) is 0 Å². The molecule has 186 valence electrons. The lowest BCUT2D eigenvalue weighted by atomic mass is 10.1. The number of aryl methyl sites for hydroxylation is 3. The van der Waals surface area contributed by atoms with Crippen LogP contribution in [0.4, 0.5) is 17.1 Å². The molecule has 0 saturated carbocycles. The summed E-state index contributed by atoms with van der Waals surface area (Å²) >= 11 is 0. The van der Waals surface area contributed by atoms with Gasteiger partial charge < -0.3 is 5.32 Å². The number of hydrogen-bond donors (Lipinski definition) is 2. The lowest BCUT2D eigenvalue weighted by Crippen LogP contribution is -2.45. The third-order valence-corrected chi connectivity index (χ3v) is 7.99. The van der Waals surface area contributed by atoms with Crippen LogP contribution in [0, 0.1) is 20.8 Å². The van der Waals surface area contributed by atoms with E-state index in [4.69, 9.17) is 0 Å². The number of carbonyl (C=O) groups is 1. The first-order chi connectivity index (χ1) is 16.3. The fourth-order valence-corrected chi connectivity index (χ4v) is 6.03. The van der Waals surface area contributed by atoms with Crippen molar-refractivity contribution in [2.45, 2.75) is 38.6 Å². The van der Waals surface area contributed by atoms with Crippen LogP contribution in [-0.4, -0.2) is 35.0 Å². The monoisotopic (exact) mass is 515 g/mol. The largest absolute Gasteiger partial charge is 0.324 e. The van der Waals surface area contributed by atoms with E-state index in [1.54, 1.807) is 37.3 Å². The molecule has 0 aliphatic heterocycles. The molecule has 0 radical (unpaired) electrons. The Morgan fingerprint density at radius 1 is 0.857 bits per heavy atom. The van der Waals surface area contributed by atoms with Gasteiger partial charge in [-0.2, -0.15) is 0 Å². The number of carbonyl (C=O) groups excluding carboxylic acids is 1. The molecule has 0 saturated heterocycles. The highest BCUT2D eigenvalue weighted by atomic mass is 32.2. The van der Waals surface area contributed by atoms with Gasteiger partial charge in [-0.3, -0.25) is 13.8 Å². The standard InChI is InChI=1S/C25H29N3O5S2/c1-17-14-18(2)16-22(15-17)28(34(5,30)31)20(4)25(29)26-21-10-12-23(13-11-21)35(32,33)27-24-9-7-6-8-19(24)3/h6-16,20,27H,1-5H3,(H,26,29)/t20-/m1/s1. The van der Waals surface area contributed by atoms with Crippen LogP contribution >= 0.6 is 0 Å². The van der Waals surface area contributed by atoms with Crippen LogP contribution in [0.2, 0.25) is 0 Å². The summed E-state index contributed by atoms with van der Waals surface area (Å²) in [7, 11) is -7.59. The number of nitrogens with one attached hydrogen (secondary N) is 2. The normalized spacial score (nSPS) is 12.6. The molecule has 0 spiro atoms. The van der Waals surface area contributed by atoms with Crippen LogP contribution in [0.15, 0.2) is 71.6 Å². The third kappa shape index (κ3) is 6.40. The molecular weight excluding hydrogens is 486 g/mol. The molecular formula is C25H29N3O5S2. The van der Waals surface area contributed by atoms with Gasteiger partial charge in [-0.1, -0.05) is 24.3 Å². The number of benzene rings is 3. The number of amides is 1. The van der Waals surface area contributed by atoms with Gasteiger partial charge in [0.2, 0.25) is 15.9 Å². The van der Waals surface area contributed by atoms with E-state index < -0.39 is 32.0 Å². The van der Waals surface area contributed by atoms with Crippen molar-refractivity contribution >= 4 is 43.0 Å². The van der Waals surface area contributed by atoms with E-state index in [2.05, 4.69) is 10.0 Å². The summed E-state index contributed by atoms with van der Waals surface area (Å²) in [6, 6.07) is 17.0. The van der Waals surface area contributed by atoms with E-state index in [-0.39, 0.29) is 4.90 Å². The van der Waals surface area contributed by atoms with Gasteiger partial charge in [0.25, 0.3) is 10.0 Å². The fourth-order valence-electron chi connectivity index (χ4n) is 3.74. The summed E-state index contributed by atoms with van der Waals surface area (Å²) in [5, 5.41) is 2.67. The number of nitrogens with zero attached hydrogens (tertiary/aromatic N) is 1. The molecule has 1 atom stereocenters. The third-order valence-electron chi connectivity index (χ3n) is 5.37.